The molecule has 1 aliphatic rings. The number of para-hydroxylation sites is 1. The van der Waals surface area contributed by atoms with Crippen molar-refractivity contribution < 1.29 is 69.6 Å². The van der Waals surface area contributed by atoms with E-state index in [1.807, 2.05) is 4.90 Å². The number of nitro benzene ring substituents is 1. The van der Waals surface area contributed by atoms with Crippen LogP contribution >= 0.6 is 0 Å². The number of pyridine rings is 3. The van der Waals surface area contributed by atoms with Gasteiger partial charge < -0.3 is 48.6 Å². The lowest BCUT2D eigenvalue weighted by atomic mass is 10.1. The van der Waals surface area contributed by atoms with Gasteiger partial charge in [-0.05, 0) is 56.7 Å². The molecule has 2 N–H and O–H groups in total. The molecule has 2 amide bonds. The predicted molar refractivity (Wildman–Crippen MR) is 242 cm³/mol. The lowest BCUT2D eigenvalue weighted by Gasteiger charge is -2.37. The standard InChI is InChI=1S/C44H55F3N8O13S/c1-3-67-39-15-12-33(40(51-39)44(45,46)47)42(56)53-21-19-52(20-22-53)36-14-13-34(32-9-7-16-48-41(32)68-4-2)50-35(36)31-54(69(61,62)38-11-6-5-10-37(38)55(59)60)18-8-23-63-25-27-65-29-30-66-28-26-64-24-17-49-43(57)58/h5-7,9-16,49H,3-4,8,17-31H2,1-2H3,(H,57,58). The number of nitro groups is 1. The van der Waals surface area contributed by atoms with Crippen molar-refractivity contribution in [2.24, 2.45) is 0 Å². The Balaban J connectivity index is 1.33. The number of nitrogens with one attached hydrogen (secondary N) is 1. The number of rotatable bonds is 28. The van der Waals surface area contributed by atoms with Gasteiger partial charge in [0.1, 0.15) is 0 Å². The maximum absolute atomic E-state index is 14.6. The SMILES string of the molecule is CCOc1ccc(C(=O)N2CCN(c3ccc(-c4cccnc4OCC)nc3CN(CCCOCCOCCOCCOCCNC(=O)O)S(=O)(=O)c3ccccc3[N+](=O)[O-])CC2)c(C(F)(F)F)n1. The number of benzene rings is 1. The molecule has 0 atom stereocenters. The zero-order valence-electron chi connectivity index (χ0n) is 38.1. The zero-order chi connectivity index (χ0) is 49.8. The van der Waals surface area contributed by atoms with Crippen molar-refractivity contribution in [1.29, 1.82) is 0 Å². The van der Waals surface area contributed by atoms with E-state index in [1.165, 1.54) is 23.1 Å². The minimum absolute atomic E-state index is 0.0153. The molecular weight excluding hydrogens is 938 g/mol. The zero-order valence-corrected chi connectivity index (χ0v) is 38.9. The Kier molecular flexibility index (Phi) is 20.6. The first kappa shape index (κ1) is 53.7. The van der Waals surface area contributed by atoms with Crippen LogP contribution in [0.1, 0.15) is 42.0 Å². The van der Waals surface area contributed by atoms with E-state index in [0.717, 1.165) is 22.5 Å². The second-order valence-corrected chi connectivity index (χ2v) is 16.7. The number of carbonyl (C=O) groups is 2. The second-order valence-electron chi connectivity index (χ2n) is 14.8. The molecule has 0 bridgehead atoms. The molecule has 376 valence electrons. The van der Waals surface area contributed by atoms with Crippen molar-refractivity contribution in [2.75, 3.05) is 110 Å². The van der Waals surface area contributed by atoms with Gasteiger partial charge in [0.05, 0.1) is 99.1 Å². The molecule has 0 saturated carbocycles. The van der Waals surface area contributed by atoms with Crippen molar-refractivity contribution >= 4 is 33.4 Å². The summed E-state index contributed by atoms with van der Waals surface area (Å²) in [6.07, 6.45) is -4.38. The fourth-order valence-corrected chi connectivity index (χ4v) is 8.61. The van der Waals surface area contributed by atoms with E-state index in [-0.39, 0.29) is 136 Å². The number of hydrogen-bond acceptors (Lipinski definition) is 16. The molecule has 4 heterocycles. The van der Waals surface area contributed by atoms with Gasteiger partial charge >= 0.3 is 12.3 Å². The number of nitrogens with zero attached hydrogens (tertiary/aromatic N) is 7. The van der Waals surface area contributed by atoms with Crippen LogP contribution in [-0.2, 0) is 41.7 Å². The summed E-state index contributed by atoms with van der Waals surface area (Å²) in [5.74, 6) is -0.873. The minimum atomic E-state index is -4.94. The van der Waals surface area contributed by atoms with Crippen molar-refractivity contribution in [1.82, 2.24) is 29.5 Å². The van der Waals surface area contributed by atoms with Crippen LogP contribution in [0.3, 0.4) is 0 Å². The summed E-state index contributed by atoms with van der Waals surface area (Å²) >= 11 is 0. The number of carboxylic acid groups (broad SMARTS) is 1. The fourth-order valence-electron chi connectivity index (χ4n) is 7.02. The van der Waals surface area contributed by atoms with Gasteiger partial charge in [-0.2, -0.15) is 17.5 Å². The molecule has 0 radical (unpaired) electrons. The van der Waals surface area contributed by atoms with Crippen LogP contribution in [0.2, 0.25) is 0 Å². The molecule has 69 heavy (non-hydrogen) atoms. The molecule has 0 spiro atoms. The van der Waals surface area contributed by atoms with Gasteiger partial charge in [-0.15, -0.1) is 0 Å². The number of carbonyl (C=O) groups excluding carboxylic acids is 1. The molecular formula is C44H55F3N8O13S. The molecule has 1 fully saturated rings. The first-order valence-corrected chi connectivity index (χ1v) is 23.4. The van der Waals surface area contributed by atoms with Crippen LogP contribution < -0.4 is 19.7 Å². The monoisotopic (exact) mass is 992 g/mol. The third-order valence-electron chi connectivity index (χ3n) is 10.2. The average molecular weight is 993 g/mol. The van der Waals surface area contributed by atoms with Crippen LogP contribution in [0, 0.1) is 10.1 Å². The average Bonchev–Trinajstić information content (AvgIpc) is 3.33. The van der Waals surface area contributed by atoms with Gasteiger partial charge in [0.25, 0.3) is 11.6 Å². The Labute approximate surface area is 396 Å². The highest BCUT2D eigenvalue weighted by atomic mass is 32.2. The van der Waals surface area contributed by atoms with Crippen LogP contribution in [0.5, 0.6) is 11.8 Å². The Morgan fingerprint density at radius 1 is 0.841 bits per heavy atom. The van der Waals surface area contributed by atoms with Gasteiger partial charge in [-0.3, -0.25) is 14.9 Å². The van der Waals surface area contributed by atoms with E-state index in [1.54, 1.807) is 44.3 Å². The van der Waals surface area contributed by atoms with Crippen molar-refractivity contribution in [3.05, 3.63) is 93.9 Å². The van der Waals surface area contributed by atoms with Crippen LogP contribution in [0.4, 0.5) is 29.3 Å². The summed E-state index contributed by atoms with van der Waals surface area (Å²) in [5.41, 5.74) is -1.07. The summed E-state index contributed by atoms with van der Waals surface area (Å²) in [7, 11) is -4.61. The van der Waals surface area contributed by atoms with Crippen molar-refractivity contribution in [3.8, 4) is 23.0 Å². The van der Waals surface area contributed by atoms with Crippen LogP contribution in [-0.4, -0.2) is 160 Å². The first-order valence-electron chi connectivity index (χ1n) is 22.0. The number of piperazine rings is 1. The molecule has 25 heteroatoms. The summed E-state index contributed by atoms with van der Waals surface area (Å²) in [4.78, 5) is 50.9. The molecule has 4 aromatic rings. The number of halogens is 3. The highest BCUT2D eigenvalue weighted by molar-refractivity contribution is 7.89. The van der Waals surface area contributed by atoms with Crippen molar-refractivity contribution in [3.63, 3.8) is 0 Å². The number of hydrogen-bond donors (Lipinski definition) is 2. The van der Waals surface area contributed by atoms with E-state index >= 15 is 0 Å². The van der Waals surface area contributed by atoms with E-state index in [9.17, 15) is 41.3 Å². The van der Waals surface area contributed by atoms with Gasteiger partial charge in [-0.1, -0.05) is 12.1 Å². The molecule has 1 saturated heterocycles. The van der Waals surface area contributed by atoms with Crippen molar-refractivity contribution in [2.45, 2.75) is 37.9 Å². The smallest absolute Gasteiger partial charge is 0.434 e. The Hall–Kier alpha value is -6.25. The van der Waals surface area contributed by atoms with Crippen LogP contribution in [0.25, 0.3) is 11.3 Å². The third kappa shape index (κ3) is 15.6. The predicted octanol–water partition coefficient (Wildman–Crippen LogP) is 5.14. The van der Waals surface area contributed by atoms with E-state index < -0.39 is 55.0 Å². The van der Waals surface area contributed by atoms with Crippen LogP contribution in [0.15, 0.2) is 71.8 Å². The minimum Gasteiger partial charge on any atom is -0.478 e. The molecule has 1 aliphatic heterocycles. The summed E-state index contributed by atoms with van der Waals surface area (Å²) < 4.78 is 105. The highest BCUT2D eigenvalue weighted by Crippen LogP contribution is 2.35. The lowest BCUT2D eigenvalue weighted by Crippen LogP contribution is -2.49. The maximum Gasteiger partial charge on any atom is 0.434 e. The number of anilines is 1. The topological polar surface area (TPSA) is 247 Å². The van der Waals surface area contributed by atoms with E-state index in [0.29, 0.717) is 16.9 Å². The van der Waals surface area contributed by atoms with E-state index in [2.05, 4.69) is 15.3 Å². The van der Waals surface area contributed by atoms with Gasteiger partial charge in [0, 0.05) is 64.2 Å². The van der Waals surface area contributed by atoms with Gasteiger partial charge in [0.2, 0.25) is 21.8 Å². The van der Waals surface area contributed by atoms with Gasteiger partial charge in [-0.25, -0.2) is 28.2 Å². The summed E-state index contributed by atoms with van der Waals surface area (Å²) in [5, 5.41) is 22.9. The lowest BCUT2D eigenvalue weighted by molar-refractivity contribution is -0.387. The highest BCUT2D eigenvalue weighted by Gasteiger charge is 2.40. The van der Waals surface area contributed by atoms with Gasteiger partial charge in [0.15, 0.2) is 10.6 Å². The third-order valence-corrected chi connectivity index (χ3v) is 12.1. The molecule has 1 aromatic carbocycles. The number of sulfonamides is 1. The summed E-state index contributed by atoms with van der Waals surface area (Å²) in [6.45, 7) is 5.31. The first-order chi connectivity index (χ1) is 33.1. The maximum atomic E-state index is 14.6. The molecule has 21 nitrogen and oxygen atoms in total. The number of ether oxygens (including phenoxy) is 6. The summed E-state index contributed by atoms with van der Waals surface area (Å²) in [6, 6.07) is 14.1. The molecule has 3 aromatic heterocycles. The fraction of sp³-hybridized carbons (Fsp3) is 0.477. The Bertz CT molecular complexity index is 2430. The Morgan fingerprint density at radius 3 is 2.13 bits per heavy atom. The Morgan fingerprint density at radius 2 is 1.49 bits per heavy atom. The number of amides is 2. The molecule has 5 rings (SSSR count). The quantitative estimate of drug-likeness (QED) is 0.0425. The number of aromatic nitrogens is 3. The molecule has 0 aliphatic carbocycles. The number of alkyl halides is 3. The van der Waals surface area contributed by atoms with E-state index in [4.69, 9.17) is 38.5 Å². The second kappa shape index (κ2) is 26.5. The normalized spacial score (nSPS) is 13.1. The molecule has 0 unspecified atom stereocenters. The largest absolute Gasteiger partial charge is 0.478 e.